The third-order valence-electron chi connectivity index (χ3n) is 10.9. The van der Waals surface area contributed by atoms with Crippen LogP contribution in [0.4, 0.5) is 17.1 Å². The summed E-state index contributed by atoms with van der Waals surface area (Å²) in [5, 5.41) is 4.50. The maximum absolute atomic E-state index is 6.67. The minimum absolute atomic E-state index is 0.126. The maximum Gasteiger partial charge on any atom is 0.143 e. The molecule has 1 aliphatic carbocycles. The number of fused-ring (bicyclic) bond motifs is 8. The Hall–Kier alpha value is -6.38. The van der Waals surface area contributed by atoms with Gasteiger partial charge < -0.3 is 9.32 Å². The summed E-state index contributed by atoms with van der Waals surface area (Å²) in [5.74, 6) is 0. The van der Waals surface area contributed by atoms with Crippen LogP contribution in [0, 0.1) is 0 Å². The quantitative estimate of drug-likeness (QED) is 0.184. The second-order valence-corrected chi connectivity index (χ2v) is 14.1. The second-order valence-electron chi connectivity index (χ2n) is 14.1. The molecule has 0 radical (unpaired) electrons. The van der Waals surface area contributed by atoms with Gasteiger partial charge >= 0.3 is 0 Å². The van der Waals surface area contributed by atoms with E-state index in [1.165, 1.54) is 38.9 Å². The summed E-state index contributed by atoms with van der Waals surface area (Å²) in [6.07, 6.45) is 0. The highest BCUT2D eigenvalue weighted by atomic mass is 16.3. The van der Waals surface area contributed by atoms with Crippen LogP contribution in [0.5, 0.6) is 0 Å². The predicted octanol–water partition coefficient (Wildman–Crippen LogP) is 13.8. The number of anilines is 3. The fraction of sp³-hybridized carbons (Fsp3) is 0.0612. The van der Waals surface area contributed by atoms with Crippen LogP contribution in [-0.4, -0.2) is 0 Å². The summed E-state index contributed by atoms with van der Waals surface area (Å²) in [5.41, 5.74) is 15.1. The zero-order chi connectivity index (χ0) is 34.1. The van der Waals surface area contributed by atoms with Gasteiger partial charge in [0.1, 0.15) is 11.2 Å². The van der Waals surface area contributed by atoms with Crippen LogP contribution < -0.4 is 4.90 Å². The van der Waals surface area contributed by atoms with Gasteiger partial charge in [0.05, 0.1) is 5.69 Å². The number of benzene rings is 8. The second kappa shape index (κ2) is 11.3. The highest BCUT2D eigenvalue weighted by molar-refractivity contribution is 6.18. The van der Waals surface area contributed by atoms with E-state index in [0.717, 1.165) is 55.3 Å². The molecule has 8 aromatic carbocycles. The molecule has 9 aromatic rings. The Morgan fingerprint density at radius 1 is 0.412 bits per heavy atom. The van der Waals surface area contributed by atoms with Crippen LogP contribution in [0.1, 0.15) is 25.0 Å². The van der Waals surface area contributed by atoms with Crippen LogP contribution in [0.2, 0.25) is 0 Å². The Morgan fingerprint density at radius 2 is 1.02 bits per heavy atom. The van der Waals surface area contributed by atoms with E-state index >= 15 is 0 Å². The van der Waals surface area contributed by atoms with Gasteiger partial charge in [-0.05, 0) is 93.0 Å². The third kappa shape index (κ3) is 4.64. The van der Waals surface area contributed by atoms with Crippen molar-refractivity contribution in [2.24, 2.45) is 0 Å². The first-order valence-corrected chi connectivity index (χ1v) is 17.7. The molecule has 1 aromatic heterocycles. The van der Waals surface area contributed by atoms with Gasteiger partial charge in [0.25, 0.3) is 0 Å². The number of para-hydroxylation sites is 1. The van der Waals surface area contributed by atoms with Gasteiger partial charge in [0.15, 0.2) is 0 Å². The van der Waals surface area contributed by atoms with Gasteiger partial charge in [0, 0.05) is 38.3 Å². The van der Waals surface area contributed by atoms with Crippen LogP contribution in [-0.2, 0) is 5.41 Å². The van der Waals surface area contributed by atoms with Crippen molar-refractivity contribution in [3.63, 3.8) is 0 Å². The van der Waals surface area contributed by atoms with Crippen molar-refractivity contribution in [1.29, 1.82) is 0 Å². The Morgan fingerprint density at radius 3 is 1.80 bits per heavy atom. The van der Waals surface area contributed by atoms with Crippen molar-refractivity contribution >= 4 is 49.8 Å². The SMILES string of the molecule is CC1(C)c2ccccc2-c2ccc(N(c3ccc(-c4ccccc4)cc3)c3cc(-c4ccccc4)cc4c3ccc3c5ccccc5oc43)cc21. The van der Waals surface area contributed by atoms with Crippen molar-refractivity contribution in [2.75, 3.05) is 4.90 Å². The van der Waals surface area contributed by atoms with Gasteiger partial charge in [-0.15, -0.1) is 0 Å². The molecule has 1 aliphatic rings. The molecule has 2 nitrogen and oxygen atoms in total. The lowest BCUT2D eigenvalue weighted by Crippen LogP contribution is -2.16. The lowest BCUT2D eigenvalue weighted by molar-refractivity contribution is 0.660. The highest BCUT2D eigenvalue weighted by Crippen LogP contribution is 2.52. The first kappa shape index (κ1) is 29.5. The summed E-state index contributed by atoms with van der Waals surface area (Å²) < 4.78 is 6.67. The summed E-state index contributed by atoms with van der Waals surface area (Å²) in [6, 6.07) is 63.7. The van der Waals surface area contributed by atoms with Gasteiger partial charge in [0.2, 0.25) is 0 Å². The van der Waals surface area contributed by atoms with E-state index in [1.807, 2.05) is 6.07 Å². The van der Waals surface area contributed by atoms with E-state index in [2.05, 4.69) is 189 Å². The number of furan rings is 1. The number of nitrogens with zero attached hydrogens (tertiary/aromatic N) is 1. The molecule has 0 saturated heterocycles. The van der Waals surface area contributed by atoms with Crippen LogP contribution in [0.3, 0.4) is 0 Å². The Labute approximate surface area is 297 Å². The number of rotatable bonds is 5. The van der Waals surface area contributed by atoms with Crippen molar-refractivity contribution < 1.29 is 4.42 Å². The van der Waals surface area contributed by atoms with E-state index < -0.39 is 0 Å². The molecule has 1 heterocycles. The third-order valence-corrected chi connectivity index (χ3v) is 10.9. The standard InChI is InChI=1S/C49H35NO/c1-49(2)44-19-11-9-17-38(44)39-26-25-37(31-45(39)49)50(36-23-21-34(22-24-36)32-13-5-3-6-14-32)46-30-35(33-15-7-4-8-16-33)29-43-40(46)27-28-42-41-18-10-12-20-47(41)51-48(42)43/h3-31H,1-2H3. The van der Waals surface area contributed by atoms with E-state index in [-0.39, 0.29) is 5.41 Å². The van der Waals surface area contributed by atoms with Crippen molar-refractivity contribution in [2.45, 2.75) is 19.3 Å². The average Bonchev–Trinajstić information content (AvgIpc) is 3.68. The molecule has 0 aliphatic heterocycles. The first-order chi connectivity index (χ1) is 25.0. The molecule has 10 rings (SSSR count). The van der Waals surface area contributed by atoms with Gasteiger partial charge in [-0.1, -0.05) is 141 Å². The maximum atomic E-state index is 6.67. The zero-order valence-electron chi connectivity index (χ0n) is 28.6. The molecule has 0 fully saturated rings. The monoisotopic (exact) mass is 653 g/mol. The number of hydrogen-bond donors (Lipinski definition) is 0. The molecule has 242 valence electrons. The fourth-order valence-corrected chi connectivity index (χ4v) is 8.27. The van der Waals surface area contributed by atoms with Crippen LogP contribution in [0.15, 0.2) is 180 Å². The minimum Gasteiger partial charge on any atom is -0.455 e. The number of hydrogen-bond acceptors (Lipinski definition) is 2. The fourth-order valence-electron chi connectivity index (χ4n) is 8.27. The van der Waals surface area contributed by atoms with Crippen molar-refractivity contribution in [3.8, 4) is 33.4 Å². The minimum atomic E-state index is -0.126. The van der Waals surface area contributed by atoms with Gasteiger partial charge in [-0.3, -0.25) is 0 Å². The van der Waals surface area contributed by atoms with E-state index in [0.29, 0.717) is 0 Å². The van der Waals surface area contributed by atoms with Crippen LogP contribution in [0.25, 0.3) is 66.1 Å². The molecular weight excluding hydrogens is 619 g/mol. The van der Waals surface area contributed by atoms with E-state index in [1.54, 1.807) is 0 Å². The Bertz CT molecular complexity index is 2760. The molecule has 0 amide bonds. The van der Waals surface area contributed by atoms with Crippen LogP contribution >= 0.6 is 0 Å². The first-order valence-electron chi connectivity index (χ1n) is 17.7. The van der Waals surface area contributed by atoms with Gasteiger partial charge in [-0.2, -0.15) is 0 Å². The molecular formula is C49H35NO. The van der Waals surface area contributed by atoms with Gasteiger partial charge in [-0.25, -0.2) is 0 Å². The highest BCUT2D eigenvalue weighted by Gasteiger charge is 2.36. The molecule has 2 heteroatoms. The lowest BCUT2D eigenvalue weighted by Gasteiger charge is -2.30. The molecule has 0 unspecified atom stereocenters. The van der Waals surface area contributed by atoms with Crippen molar-refractivity contribution in [3.05, 3.63) is 187 Å². The predicted molar refractivity (Wildman–Crippen MR) is 214 cm³/mol. The van der Waals surface area contributed by atoms with E-state index in [9.17, 15) is 0 Å². The smallest absolute Gasteiger partial charge is 0.143 e. The molecule has 0 atom stereocenters. The Kier molecular flexibility index (Phi) is 6.56. The molecule has 0 bridgehead atoms. The molecule has 0 spiro atoms. The lowest BCUT2D eigenvalue weighted by atomic mass is 9.82. The summed E-state index contributed by atoms with van der Waals surface area (Å²) in [7, 11) is 0. The normalized spacial score (nSPS) is 13.1. The zero-order valence-corrected chi connectivity index (χ0v) is 28.6. The van der Waals surface area contributed by atoms with E-state index in [4.69, 9.17) is 4.42 Å². The summed E-state index contributed by atoms with van der Waals surface area (Å²) >= 11 is 0. The molecule has 0 saturated carbocycles. The topological polar surface area (TPSA) is 16.4 Å². The molecule has 51 heavy (non-hydrogen) atoms. The van der Waals surface area contributed by atoms with Crippen molar-refractivity contribution in [1.82, 2.24) is 0 Å². The molecule has 0 N–H and O–H groups in total. The summed E-state index contributed by atoms with van der Waals surface area (Å²) in [6.45, 7) is 4.70. The summed E-state index contributed by atoms with van der Waals surface area (Å²) in [4.78, 5) is 2.44. The average molecular weight is 654 g/mol. The largest absolute Gasteiger partial charge is 0.455 e. The Balaban J connectivity index is 1.26.